The first-order chi connectivity index (χ1) is 10.1. The smallest absolute Gasteiger partial charge is 0.224 e. The first kappa shape index (κ1) is 14.3. The number of hydrogen-bond acceptors (Lipinski definition) is 3. The summed E-state index contributed by atoms with van der Waals surface area (Å²) in [6.07, 6.45) is 1.41. The van der Waals surface area contributed by atoms with Gasteiger partial charge in [-0.2, -0.15) is 0 Å². The first-order valence-corrected chi connectivity index (χ1v) is 8.07. The summed E-state index contributed by atoms with van der Waals surface area (Å²) in [5.41, 5.74) is 4.80. The van der Waals surface area contributed by atoms with E-state index in [9.17, 15) is 4.79 Å². The van der Waals surface area contributed by atoms with Crippen LogP contribution in [0.15, 0.2) is 24.3 Å². The van der Waals surface area contributed by atoms with Crippen molar-refractivity contribution in [2.45, 2.75) is 32.7 Å². The number of carbonyl (C=O) groups excluding carboxylic acids is 1. The fourth-order valence-electron chi connectivity index (χ4n) is 2.80. The molecule has 0 fully saturated rings. The van der Waals surface area contributed by atoms with Crippen molar-refractivity contribution in [2.75, 3.05) is 12.4 Å². The monoisotopic (exact) mass is 300 g/mol. The quantitative estimate of drug-likeness (QED) is 0.910. The molecule has 2 N–H and O–H groups in total. The maximum atomic E-state index is 11.4. The average molecular weight is 300 g/mol. The number of thiophene rings is 1. The van der Waals surface area contributed by atoms with Crippen molar-refractivity contribution in [1.82, 2.24) is 5.32 Å². The number of anilines is 1. The van der Waals surface area contributed by atoms with Crippen molar-refractivity contribution in [1.29, 1.82) is 0 Å². The molecule has 3 rings (SSSR count). The van der Waals surface area contributed by atoms with Crippen LogP contribution < -0.4 is 10.6 Å². The first-order valence-electron chi connectivity index (χ1n) is 7.25. The number of rotatable bonds is 3. The third-order valence-corrected chi connectivity index (χ3v) is 5.33. The van der Waals surface area contributed by atoms with E-state index in [1.54, 1.807) is 0 Å². The topological polar surface area (TPSA) is 41.1 Å². The predicted octanol–water partition coefficient (Wildman–Crippen LogP) is 3.56. The molecule has 1 unspecified atom stereocenters. The van der Waals surface area contributed by atoms with Crippen LogP contribution in [0.25, 0.3) is 0 Å². The molecule has 3 nitrogen and oxygen atoms in total. The normalized spacial score (nSPS) is 15.5. The number of aryl methyl sites for hydroxylation is 3. The molecule has 21 heavy (non-hydrogen) atoms. The highest BCUT2D eigenvalue weighted by molar-refractivity contribution is 7.12. The van der Waals surface area contributed by atoms with Crippen LogP contribution in [0.1, 0.15) is 38.9 Å². The van der Waals surface area contributed by atoms with E-state index in [1.807, 2.05) is 24.5 Å². The molecular formula is C17H20N2OS. The molecule has 1 amide bonds. The number of hydrogen-bond donors (Lipinski definition) is 2. The maximum absolute atomic E-state index is 11.4. The zero-order valence-corrected chi connectivity index (χ0v) is 13.4. The largest absolute Gasteiger partial charge is 0.326 e. The summed E-state index contributed by atoms with van der Waals surface area (Å²) in [5, 5.41) is 6.35. The third-order valence-electron chi connectivity index (χ3n) is 4.12. The Kier molecular flexibility index (Phi) is 3.83. The molecule has 1 aliphatic heterocycles. The van der Waals surface area contributed by atoms with Gasteiger partial charge in [0.05, 0.1) is 6.04 Å². The SMILES string of the molecule is CNC(c1ccc2c(c1)CCC(=O)N2)c1cc(C)c(C)s1. The van der Waals surface area contributed by atoms with Gasteiger partial charge in [0.15, 0.2) is 0 Å². The van der Waals surface area contributed by atoms with Gasteiger partial charge in [0.1, 0.15) is 0 Å². The van der Waals surface area contributed by atoms with E-state index in [1.165, 1.54) is 26.4 Å². The van der Waals surface area contributed by atoms with Crippen molar-refractivity contribution < 1.29 is 4.79 Å². The van der Waals surface area contributed by atoms with Crippen molar-refractivity contribution >= 4 is 22.9 Å². The molecule has 2 heterocycles. The van der Waals surface area contributed by atoms with Crippen LogP contribution in [0.5, 0.6) is 0 Å². The zero-order valence-electron chi connectivity index (χ0n) is 12.6. The Labute approximate surface area is 129 Å². The van der Waals surface area contributed by atoms with E-state index < -0.39 is 0 Å². The van der Waals surface area contributed by atoms with Crippen molar-refractivity contribution in [3.8, 4) is 0 Å². The van der Waals surface area contributed by atoms with Crippen LogP contribution in [0.2, 0.25) is 0 Å². The molecule has 2 aromatic rings. The van der Waals surface area contributed by atoms with E-state index in [0.717, 1.165) is 12.1 Å². The molecule has 1 atom stereocenters. The lowest BCUT2D eigenvalue weighted by molar-refractivity contribution is -0.116. The Morgan fingerprint density at radius 1 is 1.24 bits per heavy atom. The van der Waals surface area contributed by atoms with E-state index >= 15 is 0 Å². The lowest BCUT2D eigenvalue weighted by atomic mass is 9.96. The van der Waals surface area contributed by atoms with E-state index in [0.29, 0.717) is 6.42 Å². The molecule has 0 aliphatic carbocycles. The number of carbonyl (C=O) groups is 1. The summed E-state index contributed by atoms with van der Waals surface area (Å²) < 4.78 is 0. The summed E-state index contributed by atoms with van der Waals surface area (Å²) in [6.45, 7) is 4.32. The number of amides is 1. The van der Waals surface area contributed by atoms with Crippen LogP contribution in [0, 0.1) is 13.8 Å². The summed E-state index contributed by atoms with van der Waals surface area (Å²) >= 11 is 1.85. The Bertz CT molecular complexity index is 671. The second-order valence-electron chi connectivity index (χ2n) is 5.57. The van der Waals surface area contributed by atoms with Gasteiger partial charge in [-0.25, -0.2) is 0 Å². The predicted molar refractivity (Wildman–Crippen MR) is 88.1 cm³/mol. The lowest BCUT2D eigenvalue weighted by Crippen LogP contribution is -2.21. The standard InChI is InChI=1S/C17H20N2OS/c1-10-8-15(21-11(10)2)17(18-3)13-4-6-14-12(9-13)5-7-16(20)19-14/h4,6,8-9,17-18H,5,7H2,1-3H3,(H,19,20). The summed E-state index contributed by atoms with van der Waals surface area (Å²) in [4.78, 5) is 14.2. The molecule has 4 heteroatoms. The molecule has 0 saturated heterocycles. The van der Waals surface area contributed by atoms with Crippen LogP contribution >= 0.6 is 11.3 Å². The molecule has 1 aromatic carbocycles. The Hall–Kier alpha value is -1.65. The highest BCUT2D eigenvalue weighted by Gasteiger charge is 2.19. The summed E-state index contributed by atoms with van der Waals surface area (Å²) in [7, 11) is 2.00. The van der Waals surface area contributed by atoms with Crippen LogP contribution in [0.3, 0.4) is 0 Å². The van der Waals surface area contributed by atoms with Gasteiger partial charge in [-0.05, 0) is 56.1 Å². The van der Waals surface area contributed by atoms with E-state index in [-0.39, 0.29) is 11.9 Å². The molecule has 0 saturated carbocycles. The molecular weight excluding hydrogens is 280 g/mol. The van der Waals surface area contributed by atoms with Gasteiger partial charge in [-0.3, -0.25) is 4.79 Å². The zero-order chi connectivity index (χ0) is 15.0. The number of nitrogens with one attached hydrogen (secondary N) is 2. The molecule has 110 valence electrons. The molecule has 0 spiro atoms. The molecule has 0 bridgehead atoms. The van der Waals surface area contributed by atoms with E-state index in [2.05, 4.69) is 42.7 Å². The minimum Gasteiger partial charge on any atom is -0.326 e. The van der Waals surface area contributed by atoms with E-state index in [4.69, 9.17) is 0 Å². The second kappa shape index (κ2) is 5.62. The minimum atomic E-state index is 0.116. The van der Waals surface area contributed by atoms with Crippen LogP contribution in [0.4, 0.5) is 5.69 Å². The fraction of sp³-hybridized carbons (Fsp3) is 0.353. The highest BCUT2D eigenvalue weighted by Crippen LogP contribution is 2.33. The maximum Gasteiger partial charge on any atom is 0.224 e. The minimum absolute atomic E-state index is 0.116. The van der Waals surface area contributed by atoms with Crippen molar-refractivity contribution in [3.05, 3.63) is 50.7 Å². The molecule has 0 radical (unpaired) electrons. The summed E-state index contributed by atoms with van der Waals surface area (Å²) in [5.74, 6) is 0.116. The van der Waals surface area contributed by atoms with Gasteiger partial charge in [-0.1, -0.05) is 12.1 Å². The third kappa shape index (κ3) is 2.74. The van der Waals surface area contributed by atoms with Gasteiger partial charge < -0.3 is 10.6 Å². The fourth-order valence-corrected chi connectivity index (χ4v) is 3.98. The average Bonchev–Trinajstić information content (AvgIpc) is 2.79. The lowest BCUT2D eigenvalue weighted by Gasteiger charge is -2.21. The highest BCUT2D eigenvalue weighted by atomic mass is 32.1. The van der Waals surface area contributed by atoms with Gasteiger partial charge in [0.25, 0.3) is 0 Å². The Balaban J connectivity index is 1.96. The molecule has 1 aliphatic rings. The van der Waals surface area contributed by atoms with Gasteiger partial charge in [-0.15, -0.1) is 11.3 Å². The number of benzene rings is 1. The van der Waals surface area contributed by atoms with Gasteiger partial charge >= 0.3 is 0 Å². The molecule has 1 aromatic heterocycles. The Morgan fingerprint density at radius 3 is 2.71 bits per heavy atom. The number of fused-ring (bicyclic) bond motifs is 1. The second-order valence-corrected chi connectivity index (χ2v) is 6.86. The van der Waals surface area contributed by atoms with Crippen molar-refractivity contribution in [2.24, 2.45) is 0 Å². The van der Waals surface area contributed by atoms with Crippen molar-refractivity contribution in [3.63, 3.8) is 0 Å². The van der Waals surface area contributed by atoms with Gasteiger partial charge in [0, 0.05) is 21.9 Å². The van der Waals surface area contributed by atoms with Crippen LogP contribution in [-0.4, -0.2) is 13.0 Å². The Morgan fingerprint density at radius 2 is 2.05 bits per heavy atom. The van der Waals surface area contributed by atoms with Gasteiger partial charge in [0.2, 0.25) is 5.91 Å². The summed E-state index contributed by atoms with van der Waals surface area (Å²) in [6, 6.07) is 8.84. The van der Waals surface area contributed by atoms with Crippen LogP contribution in [-0.2, 0) is 11.2 Å².